The number of nitrogen functional groups attached to an aromatic ring is 1. The van der Waals surface area contributed by atoms with E-state index < -0.39 is 11.9 Å². The first-order valence-corrected chi connectivity index (χ1v) is 5.48. The Morgan fingerprint density at radius 2 is 2.06 bits per heavy atom. The van der Waals surface area contributed by atoms with Crippen LogP contribution in [0.4, 0.5) is 18.9 Å². The number of rotatable bonds is 2. The third-order valence-corrected chi connectivity index (χ3v) is 2.80. The molecule has 5 nitrogen and oxygen atoms in total. The summed E-state index contributed by atoms with van der Waals surface area (Å²) in [6.07, 6.45) is -3.57. The van der Waals surface area contributed by atoms with Crippen molar-refractivity contribution in [2.24, 2.45) is 0 Å². The molecule has 2 heterocycles. The van der Waals surface area contributed by atoms with Gasteiger partial charge in [-0.05, 0) is 17.8 Å². The van der Waals surface area contributed by atoms with E-state index in [2.05, 4.69) is 15.2 Å². The van der Waals surface area contributed by atoms with Gasteiger partial charge in [-0.15, -0.1) is 10.2 Å². The number of nitrogens with two attached hydrogens (primary N) is 1. The Balaban J connectivity index is 2.32. The molecule has 0 aliphatic carbocycles. The van der Waals surface area contributed by atoms with Crippen LogP contribution in [0.15, 0.2) is 26.8 Å². The summed E-state index contributed by atoms with van der Waals surface area (Å²) in [7, 11) is 0. The molecule has 2 N–H and O–H groups in total. The molecule has 0 bridgehead atoms. The van der Waals surface area contributed by atoms with Crippen LogP contribution in [0.5, 0.6) is 0 Å². The first-order chi connectivity index (χ1) is 8.36. The van der Waals surface area contributed by atoms with Crippen molar-refractivity contribution < 1.29 is 17.6 Å². The number of aromatic nitrogens is 3. The van der Waals surface area contributed by atoms with Crippen molar-refractivity contribution in [3.63, 3.8) is 0 Å². The zero-order valence-electron chi connectivity index (χ0n) is 9.02. The van der Waals surface area contributed by atoms with Gasteiger partial charge in [0, 0.05) is 11.8 Å². The molecule has 2 aromatic rings. The van der Waals surface area contributed by atoms with Gasteiger partial charge in [-0.2, -0.15) is 13.2 Å². The van der Waals surface area contributed by atoms with E-state index in [0.717, 1.165) is 24.0 Å². The minimum Gasteiger partial charge on any atom is -0.416 e. The van der Waals surface area contributed by atoms with Gasteiger partial charge < -0.3 is 10.2 Å². The molecule has 0 radical (unpaired) electrons. The Labute approximate surface area is 104 Å². The number of hydrogen-bond donors (Lipinski definition) is 1. The normalized spacial score (nSPS) is 11.8. The van der Waals surface area contributed by atoms with E-state index in [9.17, 15) is 13.2 Å². The van der Waals surface area contributed by atoms with Gasteiger partial charge in [0.05, 0.1) is 11.9 Å². The van der Waals surface area contributed by atoms with E-state index in [-0.39, 0.29) is 15.8 Å². The molecule has 2 aromatic heterocycles. The summed E-state index contributed by atoms with van der Waals surface area (Å²) in [6.45, 7) is 1.58. The first-order valence-electron chi connectivity index (χ1n) is 4.67. The Bertz CT molecular complexity index is 569. The lowest BCUT2D eigenvalue weighted by Gasteiger charge is -2.08. The predicted octanol–water partition coefficient (Wildman–Crippen LogP) is 2.53. The number of halogens is 3. The molecule has 0 saturated heterocycles. The third kappa shape index (κ3) is 2.73. The molecule has 0 amide bonds. The molecule has 9 heteroatoms. The highest BCUT2D eigenvalue weighted by molar-refractivity contribution is 7.99. The minimum atomic E-state index is -4.52. The average molecular weight is 276 g/mol. The Kier molecular flexibility index (Phi) is 3.16. The third-order valence-electron chi connectivity index (χ3n) is 1.89. The maximum Gasteiger partial charge on any atom is 0.433 e. The highest BCUT2D eigenvalue weighted by Crippen LogP contribution is 2.35. The second-order valence-electron chi connectivity index (χ2n) is 3.29. The molecule has 2 rings (SSSR count). The van der Waals surface area contributed by atoms with E-state index in [0.29, 0.717) is 5.89 Å². The van der Waals surface area contributed by atoms with E-state index in [1.54, 1.807) is 6.92 Å². The number of hydrogen-bond acceptors (Lipinski definition) is 6. The highest BCUT2D eigenvalue weighted by atomic mass is 32.2. The minimum absolute atomic E-state index is 0.115. The van der Waals surface area contributed by atoms with Crippen molar-refractivity contribution in [2.75, 3.05) is 5.73 Å². The molecule has 0 aliphatic rings. The Hall–Kier alpha value is -1.77. The standard InChI is InChI=1S/C9H7F3N4OS/c1-4-15-16-8(17-4)18-6-2-7(9(10,11)12)14-3-5(6)13/h2-3H,13H2,1H3. The smallest absolute Gasteiger partial charge is 0.416 e. The van der Waals surface area contributed by atoms with Crippen LogP contribution in [0.3, 0.4) is 0 Å². The van der Waals surface area contributed by atoms with Gasteiger partial charge in [0.25, 0.3) is 5.22 Å². The van der Waals surface area contributed by atoms with E-state index in [1.165, 1.54) is 0 Å². The quantitative estimate of drug-likeness (QED) is 0.908. The van der Waals surface area contributed by atoms with Gasteiger partial charge in [-0.25, -0.2) is 4.98 Å². The van der Waals surface area contributed by atoms with Gasteiger partial charge in [-0.3, -0.25) is 0 Å². The van der Waals surface area contributed by atoms with Crippen LogP contribution in [0, 0.1) is 6.92 Å². The predicted molar refractivity (Wildman–Crippen MR) is 56.8 cm³/mol. The fourth-order valence-corrected chi connectivity index (χ4v) is 1.88. The molecule has 0 unspecified atom stereocenters. The monoisotopic (exact) mass is 276 g/mol. The number of alkyl halides is 3. The Morgan fingerprint density at radius 3 is 2.61 bits per heavy atom. The summed E-state index contributed by atoms with van der Waals surface area (Å²) in [5.74, 6) is 0.321. The van der Waals surface area contributed by atoms with E-state index in [1.807, 2.05) is 0 Å². The van der Waals surface area contributed by atoms with Crippen LogP contribution in [-0.4, -0.2) is 15.2 Å². The number of nitrogens with zero attached hydrogens (tertiary/aromatic N) is 3. The lowest BCUT2D eigenvalue weighted by molar-refractivity contribution is -0.141. The molecule has 18 heavy (non-hydrogen) atoms. The fourth-order valence-electron chi connectivity index (χ4n) is 1.10. The topological polar surface area (TPSA) is 77.8 Å². The van der Waals surface area contributed by atoms with E-state index >= 15 is 0 Å². The fraction of sp³-hybridized carbons (Fsp3) is 0.222. The summed E-state index contributed by atoms with van der Waals surface area (Å²) >= 11 is 0.860. The Morgan fingerprint density at radius 1 is 1.33 bits per heavy atom. The number of aryl methyl sites for hydroxylation is 1. The SMILES string of the molecule is Cc1nnc(Sc2cc(C(F)(F)F)ncc2N)o1. The molecular formula is C9H7F3N4OS. The summed E-state index contributed by atoms with van der Waals surface area (Å²) in [5.41, 5.74) is 4.64. The van der Waals surface area contributed by atoms with Crippen molar-refractivity contribution >= 4 is 17.4 Å². The van der Waals surface area contributed by atoms with Crippen LogP contribution >= 0.6 is 11.8 Å². The second kappa shape index (κ2) is 4.48. The molecule has 0 spiro atoms. The summed E-state index contributed by atoms with van der Waals surface area (Å²) in [6, 6.07) is 0.847. The molecule has 0 aromatic carbocycles. The van der Waals surface area contributed by atoms with Crippen molar-refractivity contribution in [2.45, 2.75) is 23.2 Å². The second-order valence-corrected chi connectivity index (χ2v) is 4.29. The van der Waals surface area contributed by atoms with Crippen LogP contribution in [-0.2, 0) is 6.18 Å². The maximum absolute atomic E-state index is 12.5. The number of pyridine rings is 1. The first kappa shape index (κ1) is 12.7. The molecule has 96 valence electrons. The zero-order chi connectivity index (χ0) is 13.3. The average Bonchev–Trinajstić information content (AvgIpc) is 2.66. The van der Waals surface area contributed by atoms with Crippen LogP contribution in [0.25, 0.3) is 0 Å². The van der Waals surface area contributed by atoms with Gasteiger partial charge >= 0.3 is 6.18 Å². The van der Waals surface area contributed by atoms with Crippen LogP contribution in [0.2, 0.25) is 0 Å². The molecule has 0 atom stereocenters. The maximum atomic E-state index is 12.5. The molecule has 0 fully saturated rings. The molecular weight excluding hydrogens is 269 g/mol. The van der Waals surface area contributed by atoms with Crippen LogP contribution in [0.1, 0.15) is 11.6 Å². The zero-order valence-corrected chi connectivity index (χ0v) is 9.84. The van der Waals surface area contributed by atoms with Gasteiger partial charge in [-0.1, -0.05) is 0 Å². The van der Waals surface area contributed by atoms with Crippen molar-refractivity contribution in [3.8, 4) is 0 Å². The van der Waals surface area contributed by atoms with Crippen molar-refractivity contribution in [3.05, 3.63) is 23.8 Å². The lowest BCUT2D eigenvalue weighted by Crippen LogP contribution is -2.08. The van der Waals surface area contributed by atoms with E-state index in [4.69, 9.17) is 10.2 Å². The molecule has 0 aliphatic heterocycles. The lowest BCUT2D eigenvalue weighted by atomic mass is 10.3. The van der Waals surface area contributed by atoms with Gasteiger partial charge in [0.1, 0.15) is 5.69 Å². The van der Waals surface area contributed by atoms with Crippen molar-refractivity contribution in [1.29, 1.82) is 0 Å². The van der Waals surface area contributed by atoms with Gasteiger partial charge in [0.15, 0.2) is 0 Å². The van der Waals surface area contributed by atoms with Gasteiger partial charge in [0.2, 0.25) is 5.89 Å². The summed E-state index contributed by atoms with van der Waals surface area (Å²) in [5, 5.41) is 7.35. The largest absolute Gasteiger partial charge is 0.433 e. The van der Waals surface area contributed by atoms with Crippen molar-refractivity contribution in [1.82, 2.24) is 15.2 Å². The number of anilines is 1. The van der Waals surface area contributed by atoms with Crippen LogP contribution < -0.4 is 5.73 Å². The summed E-state index contributed by atoms with van der Waals surface area (Å²) in [4.78, 5) is 3.39. The molecule has 0 saturated carbocycles. The summed E-state index contributed by atoms with van der Waals surface area (Å²) < 4.78 is 42.5. The highest BCUT2D eigenvalue weighted by Gasteiger charge is 2.33.